The third-order valence-electron chi connectivity index (χ3n) is 3.70. The molecule has 0 saturated carbocycles. The van der Waals surface area contributed by atoms with Gasteiger partial charge in [0.1, 0.15) is 12.4 Å². The van der Waals surface area contributed by atoms with E-state index in [9.17, 15) is 4.79 Å². The Labute approximate surface area is 153 Å². The minimum atomic E-state index is -0.374. The van der Waals surface area contributed by atoms with Crippen LogP contribution in [0.5, 0.6) is 0 Å². The third kappa shape index (κ3) is 3.36. The van der Waals surface area contributed by atoms with E-state index in [4.69, 9.17) is 39.5 Å². The molecule has 0 atom stereocenters. The molecule has 0 aliphatic rings. The zero-order valence-corrected chi connectivity index (χ0v) is 15.0. The van der Waals surface area contributed by atoms with Crippen molar-refractivity contribution in [3.8, 4) is 0 Å². The summed E-state index contributed by atoms with van der Waals surface area (Å²) in [4.78, 5) is 16.4. The van der Waals surface area contributed by atoms with Crippen molar-refractivity contribution in [3.05, 3.63) is 62.9 Å². The average Bonchev–Trinajstić information content (AvgIpc) is 2.88. The lowest BCUT2D eigenvalue weighted by molar-refractivity contribution is -0.141. The van der Waals surface area contributed by atoms with Crippen molar-refractivity contribution < 1.29 is 9.53 Å². The normalized spacial score (nSPS) is 11.0. The number of hydrogen-bond donors (Lipinski definition) is 0. The van der Waals surface area contributed by atoms with Crippen LogP contribution in [0, 0.1) is 0 Å². The Bertz CT molecular complexity index is 901. The zero-order valence-electron chi connectivity index (χ0n) is 12.7. The monoisotopic (exact) mass is 382 g/mol. The Morgan fingerprint density at radius 2 is 1.88 bits per heavy atom. The zero-order chi connectivity index (χ0) is 17.3. The SMILES string of the molecule is COC(=O)Cn1c(Cc2c(Cl)cccc2Cl)nc2ccc(Cl)cc21. The first kappa shape index (κ1) is 17.1. The maximum absolute atomic E-state index is 11.8. The van der Waals surface area contributed by atoms with Crippen LogP contribution in [-0.4, -0.2) is 22.6 Å². The van der Waals surface area contributed by atoms with E-state index in [1.54, 1.807) is 34.9 Å². The third-order valence-corrected chi connectivity index (χ3v) is 4.64. The highest BCUT2D eigenvalue weighted by molar-refractivity contribution is 6.36. The fourth-order valence-corrected chi connectivity index (χ4v) is 3.21. The van der Waals surface area contributed by atoms with Crippen LogP contribution in [0.25, 0.3) is 11.0 Å². The highest BCUT2D eigenvalue weighted by atomic mass is 35.5. The summed E-state index contributed by atoms with van der Waals surface area (Å²) in [7, 11) is 1.35. The Morgan fingerprint density at radius 1 is 1.17 bits per heavy atom. The second-order valence-electron chi connectivity index (χ2n) is 5.20. The standard InChI is InChI=1S/C17H13Cl3N2O2/c1-24-17(23)9-22-15-7-10(18)5-6-14(15)21-16(22)8-11-12(19)3-2-4-13(11)20/h2-7H,8-9H2,1H3. The maximum atomic E-state index is 11.8. The van der Waals surface area contributed by atoms with E-state index in [1.165, 1.54) is 7.11 Å². The van der Waals surface area contributed by atoms with E-state index in [0.717, 1.165) is 16.6 Å². The van der Waals surface area contributed by atoms with Gasteiger partial charge >= 0.3 is 5.97 Å². The fourth-order valence-electron chi connectivity index (χ4n) is 2.51. The molecule has 24 heavy (non-hydrogen) atoms. The van der Waals surface area contributed by atoms with Crippen molar-refractivity contribution in [2.75, 3.05) is 7.11 Å². The highest BCUT2D eigenvalue weighted by Gasteiger charge is 2.17. The van der Waals surface area contributed by atoms with E-state index in [2.05, 4.69) is 4.98 Å². The number of imidazole rings is 1. The van der Waals surface area contributed by atoms with Crippen LogP contribution in [0.4, 0.5) is 0 Å². The molecule has 0 fully saturated rings. The lowest BCUT2D eigenvalue weighted by Crippen LogP contribution is -2.14. The van der Waals surface area contributed by atoms with Gasteiger partial charge < -0.3 is 9.30 Å². The lowest BCUT2D eigenvalue weighted by atomic mass is 10.1. The molecule has 0 aliphatic heterocycles. The number of fused-ring (bicyclic) bond motifs is 1. The average molecular weight is 384 g/mol. The molecule has 3 aromatic rings. The summed E-state index contributed by atoms with van der Waals surface area (Å²) in [5.74, 6) is 0.286. The number of hydrogen-bond acceptors (Lipinski definition) is 3. The van der Waals surface area contributed by atoms with Gasteiger partial charge in [0.2, 0.25) is 0 Å². The number of ether oxygens (including phenoxy) is 1. The highest BCUT2D eigenvalue weighted by Crippen LogP contribution is 2.28. The van der Waals surface area contributed by atoms with Crippen LogP contribution in [0.15, 0.2) is 36.4 Å². The molecule has 1 heterocycles. The minimum absolute atomic E-state index is 0.0325. The largest absolute Gasteiger partial charge is 0.468 e. The minimum Gasteiger partial charge on any atom is -0.468 e. The molecule has 0 aliphatic carbocycles. The van der Waals surface area contributed by atoms with Gasteiger partial charge in [0.25, 0.3) is 0 Å². The number of rotatable bonds is 4. The molecule has 0 saturated heterocycles. The summed E-state index contributed by atoms with van der Waals surface area (Å²) in [5, 5.41) is 1.67. The number of benzene rings is 2. The first-order valence-electron chi connectivity index (χ1n) is 7.14. The molecule has 2 aromatic carbocycles. The predicted octanol–water partition coefficient (Wildman–Crippen LogP) is 4.76. The number of carbonyl (C=O) groups is 1. The number of carbonyl (C=O) groups excluding carboxylic acids is 1. The van der Waals surface area contributed by atoms with Gasteiger partial charge in [-0.05, 0) is 35.9 Å². The molecular weight excluding hydrogens is 371 g/mol. The van der Waals surface area contributed by atoms with Gasteiger partial charge in [-0.25, -0.2) is 4.98 Å². The van der Waals surface area contributed by atoms with E-state index in [0.29, 0.717) is 27.3 Å². The number of methoxy groups -OCH3 is 1. The van der Waals surface area contributed by atoms with Gasteiger partial charge in [0.05, 0.1) is 18.1 Å². The second-order valence-corrected chi connectivity index (χ2v) is 6.45. The summed E-state index contributed by atoms with van der Waals surface area (Å²) in [5.41, 5.74) is 2.25. The van der Waals surface area contributed by atoms with Crippen molar-refractivity contribution >= 4 is 51.8 Å². The number of aromatic nitrogens is 2. The van der Waals surface area contributed by atoms with Gasteiger partial charge in [-0.15, -0.1) is 0 Å². The summed E-state index contributed by atoms with van der Waals surface area (Å²) < 4.78 is 6.55. The van der Waals surface area contributed by atoms with Gasteiger partial charge in [0.15, 0.2) is 0 Å². The molecule has 0 radical (unpaired) electrons. The summed E-state index contributed by atoms with van der Waals surface area (Å²) in [6.45, 7) is 0.0325. The smallest absolute Gasteiger partial charge is 0.325 e. The molecular formula is C17H13Cl3N2O2. The van der Waals surface area contributed by atoms with Crippen molar-refractivity contribution in [1.29, 1.82) is 0 Å². The summed E-state index contributed by atoms with van der Waals surface area (Å²) >= 11 is 18.6. The fraction of sp³-hybridized carbons (Fsp3) is 0.176. The second kappa shape index (κ2) is 7.01. The topological polar surface area (TPSA) is 44.1 Å². The Balaban J connectivity index is 2.12. The van der Waals surface area contributed by atoms with E-state index < -0.39 is 0 Å². The van der Waals surface area contributed by atoms with E-state index in [-0.39, 0.29) is 12.5 Å². The summed E-state index contributed by atoms with van der Waals surface area (Å²) in [6.07, 6.45) is 0.391. The molecule has 7 heteroatoms. The molecule has 1 aromatic heterocycles. The lowest BCUT2D eigenvalue weighted by Gasteiger charge is -2.10. The number of esters is 1. The molecule has 0 spiro atoms. The van der Waals surface area contributed by atoms with Gasteiger partial charge in [-0.2, -0.15) is 0 Å². The predicted molar refractivity (Wildman–Crippen MR) is 96.0 cm³/mol. The van der Waals surface area contributed by atoms with Crippen LogP contribution >= 0.6 is 34.8 Å². The van der Waals surface area contributed by atoms with Gasteiger partial charge in [-0.3, -0.25) is 4.79 Å². The van der Waals surface area contributed by atoms with Crippen LogP contribution < -0.4 is 0 Å². The molecule has 124 valence electrons. The van der Waals surface area contributed by atoms with Crippen LogP contribution in [0.1, 0.15) is 11.4 Å². The van der Waals surface area contributed by atoms with E-state index in [1.807, 2.05) is 6.07 Å². The van der Waals surface area contributed by atoms with E-state index >= 15 is 0 Å². The van der Waals surface area contributed by atoms with Crippen molar-refractivity contribution in [3.63, 3.8) is 0 Å². The first-order valence-corrected chi connectivity index (χ1v) is 8.27. The summed E-state index contributed by atoms with van der Waals surface area (Å²) in [6, 6.07) is 10.7. The van der Waals surface area contributed by atoms with Gasteiger partial charge in [0, 0.05) is 21.5 Å². The molecule has 4 nitrogen and oxygen atoms in total. The Kier molecular flexibility index (Phi) is 4.99. The van der Waals surface area contributed by atoms with Gasteiger partial charge in [-0.1, -0.05) is 40.9 Å². The molecule has 0 N–H and O–H groups in total. The molecule has 0 amide bonds. The molecule has 0 bridgehead atoms. The first-order chi connectivity index (χ1) is 11.5. The van der Waals surface area contributed by atoms with Crippen molar-refractivity contribution in [2.45, 2.75) is 13.0 Å². The molecule has 3 rings (SSSR count). The Hall–Kier alpha value is -1.75. The number of nitrogens with zero attached hydrogens (tertiary/aromatic N) is 2. The van der Waals surface area contributed by atoms with Crippen molar-refractivity contribution in [2.24, 2.45) is 0 Å². The maximum Gasteiger partial charge on any atom is 0.325 e. The molecule has 0 unspecified atom stereocenters. The quantitative estimate of drug-likeness (QED) is 0.610. The number of halogens is 3. The van der Waals surface area contributed by atoms with Crippen LogP contribution in [-0.2, 0) is 22.5 Å². The van der Waals surface area contributed by atoms with Crippen LogP contribution in [0.3, 0.4) is 0 Å². The Morgan fingerprint density at radius 3 is 2.54 bits per heavy atom. The van der Waals surface area contributed by atoms with Crippen molar-refractivity contribution in [1.82, 2.24) is 9.55 Å². The van der Waals surface area contributed by atoms with Crippen LogP contribution in [0.2, 0.25) is 15.1 Å².